The second kappa shape index (κ2) is 6.34. The number of ether oxygens (including phenoxy) is 4. The van der Waals surface area contributed by atoms with Gasteiger partial charge in [-0.1, -0.05) is 6.07 Å². The number of rotatable bonds is 4. The van der Waals surface area contributed by atoms with E-state index in [1.807, 2.05) is 13.8 Å². The van der Waals surface area contributed by atoms with E-state index in [1.54, 1.807) is 39.0 Å². The molecule has 1 aromatic rings. The third kappa shape index (κ3) is 4.40. The Labute approximate surface area is 142 Å². The first-order chi connectivity index (χ1) is 11.0. The lowest BCUT2D eigenvalue weighted by Crippen LogP contribution is -2.34. The second-order valence-corrected chi connectivity index (χ2v) is 7.20. The van der Waals surface area contributed by atoms with Crippen molar-refractivity contribution < 1.29 is 28.5 Å². The lowest BCUT2D eigenvalue weighted by atomic mass is 9.98. The average Bonchev–Trinajstić information content (AvgIpc) is 2.74. The molecule has 1 atom stereocenters. The quantitative estimate of drug-likeness (QED) is 0.622. The normalized spacial score (nSPS) is 16.4. The molecular weight excluding hydrogens is 312 g/mol. The summed E-state index contributed by atoms with van der Waals surface area (Å²) in [4.78, 5) is 24.3. The van der Waals surface area contributed by atoms with Crippen LogP contribution in [0.25, 0.3) is 0 Å². The standard InChI is InChI=1S/C18H24O6/c1-17(2,3)24-16(20)12(15(19)21-6)9-11-7-8-13-14(10-11)23-18(4,5)22-13/h7-8,10,12H,9H2,1-6H3. The molecule has 24 heavy (non-hydrogen) atoms. The van der Waals surface area contributed by atoms with Crippen molar-refractivity contribution >= 4 is 11.9 Å². The van der Waals surface area contributed by atoms with E-state index >= 15 is 0 Å². The SMILES string of the molecule is COC(=O)C(Cc1ccc2c(c1)OC(C)(C)O2)C(=O)OC(C)(C)C. The van der Waals surface area contributed by atoms with Gasteiger partial charge < -0.3 is 18.9 Å². The van der Waals surface area contributed by atoms with E-state index in [9.17, 15) is 9.59 Å². The number of esters is 2. The van der Waals surface area contributed by atoms with Crippen LogP contribution in [0.2, 0.25) is 0 Å². The Bertz CT molecular complexity index is 641. The number of carbonyl (C=O) groups is 2. The summed E-state index contributed by atoms with van der Waals surface area (Å²) in [6, 6.07) is 5.33. The molecule has 0 saturated heterocycles. The van der Waals surface area contributed by atoms with Gasteiger partial charge in [0.15, 0.2) is 17.4 Å². The van der Waals surface area contributed by atoms with Gasteiger partial charge in [-0.25, -0.2) is 0 Å². The summed E-state index contributed by atoms with van der Waals surface area (Å²) in [6.45, 7) is 8.88. The Morgan fingerprint density at radius 3 is 2.33 bits per heavy atom. The highest BCUT2D eigenvalue weighted by atomic mass is 16.7. The molecule has 1 aromatic carbocycles. The Morgan fingerprint density at radius 2 is 1.75 bits per heavy atom. The Balaban J connectivity index is 2.19. The zero-order valence-corrected chi connectivity index (χ0v) is 15.0. The molecule has 0 saturated carbocycles. The van der Waals surface area contributed by atoms with Gasteiger partial charge in [0.2, 0.25) is 5.79 Å². The van der Waals surface area contributed by atoms with Crippen LogP contribution in [0.5, 0.6) is 11.5 Å². The Kier molecular flexibility index (Phi) is 4.78. The van der Waals surface area contributed by atoms with Crippen molar-refractivity contribution in [2.45, 2.75) is 52.4 Å². The lowest BCUT2D eigenvalue weighted by molar-refractivity contribution is -0.168. The molecule has 1 aliphatic heterocycles. The fourth-order valence-corrected chi connectivity index (χ4v) is 2.41. The minimum atomic E-state index is -1.03. The number of fused-ring (bicyclic) bond motifs is 1. The number of methoxy groups -OCH3 is 1. The smallest absolute Gasteiger partial charge is 0.321 e. The molecule has 0 radical (unpaired) electrons. The molecule has 0 amide bonds. The van der Waals surface area contributed by atoms with Crippen molar-refractivity contribution in [2.75, 3.05) is 7.11 Å². The van der Waals surface area contributed by atoms with Crippen molar-refractivity contribution in [3.8, 4) is 11.5 Å². The van der Waals surface area contributed by atoms with E-state index in [0.29, 0.717) is 11.5 Å². The summed E-state index contributed by atoms with van der Waals surface area (Å²) < 4.78 is 21.4. The zero-order chi connectivity index (χ0) is 18.1. The van der Waals surface area contributed by atoms with Crippen molar-refractivity contribution in [3.63, 3.8) is 0 Å². The predicted octanol–water partition coefficient (Wildman–Crippen LogP) is 2.87. The van der Waals surface area contributed by atoms with Crippen LogP contribution in [0.15, 0.2) is 18.2 Å². The van der Waals surface area contributed by atoms with Gasteiger partial charge in [-0.15, -0.1) is 0 Å². The van der Waals surface area contributed by atoms with Gasteiger partial charge in [0.25, 0.3) is 0 Å². The maximum absolute atomic E-state index is 12.3. The summed E-state index contributed by atoms with van der Waals surface area (Å²) in [5.41, 5.74) is 0.0822. The highest BCUT2D eigenvalue weighted by molar-refractivity contribution is 5.95. The van der Waals surface area contributed by atoms with Crippen LogP contribution < -0.4 is 9.47 Å². The molecule has 2 rings (SSSR count). The third-order valence-electron chi connectivity index (χ3n) is 3.34. The molecule has 6 heteroatoms. The highest BCUT2D eigenvalue weighted by Gasteiger charge is 2.34. The van der Waals surface area contributed by atoms with Crippen molar-refractivity contribution in [3.05, 3.63) is 23.8 Å². The molecule has 132 valence electrons. The molecule has 0 fully saturated rings. The molecule has 0 aliphatic carbocycles. The third-order valence-corrected chi connectivity index (χ3v) is 3.34. The lowest BCUT2D eigenvalue weighted by Gasteiger charge is -2.23. The van der Waals surface area contributed by atoms with Crippen LogP contribution in [0.4, 0.5) is 0 Å². The molecule has 0 N–H and O–H groups in total. The van der Waals surface area contributed by atoms with Crippen LogP contribution >= 0.6 is 0 Å². The fraction of sp³-hybridized carbons (Fsp3) is 0.556. The first-order valence-corrected chi connectivity index (χ1v) is 7.82. The fourth-order valence-electron chi connectivity index (χ4n) is 2.41. The van der Waals surface area contributed by atoms with Gasteiger partial charge in [0.05, 0.1) is 7.11 Å². The number of hydrogen-bond acceptors (Lipinski definition) is 6. The van der Waals surface area contributed by atoms with Crippen LogP contribution in [0.1, 0.15) is 40.2 Å². The highest BCUT2D eigenvalue weighted by Crippen LogP contribution is 2.40. The van der Waals surface area contributed by atoms with Gasteiger partial charge in [-0.05, 0) is 44.9 Å². The summed E-state index contributed by atoms with van der Waals surface area (Å²) >= 11 is 0. The monoisotopic (exact) mass is 336 g/mol. The van der Waals surface area contributed by atoms with E-state index < -0.39 is 29.2 Å². The van der Waals surface area contributed by atoms with Crippen LogP contribution in [0, 0.1) is 5.92 Å². The molecular formula is C18H24O6. The van der Waals surface area contributed by atoms with Gasteiger partial charge in [-0.2, -0.15) is 0 Å². The van der Waals surface area contributed by atoms with E-state index in [1.165, 1.54) is 7.11 Å². The molecule has 6 nitrogen and oxygen atoms in total. The van der Waals surface area contributed by atoms with Crippen molar-refractivity contribution in [1.29, 1.82) is 0 Å². The summed E-state index contributed by atoms with van der Waals surface area (Å²) in [6.07, 6.45) is 0.165. The first-order valence-electron chi connectivity index (χ1n) is 7.82. The first kappa shape index (κ1) is 18.1. The molecule has 1 heterocycles. The maximum Gasteiger partial charge on any atom is 0.321 e. The Hall–Kier alpha value is -2.24. The van der Waals surface area contributed by atoms with Crippen LogP contribution in [-0.2, 0) is 25.5 Å². The van der Waals surface area contributed by atoms with Gasteiger partial charge in [-0.3, -0.25) is 9.59 Å². The number of hydrogen-bond donors (Lipinski definition) is 0. The second-order valence-electron chi connectivity index (χ2n) is 7.20. The van der Waals surface area contributed by atoms with E-state index in [0.717, 1.165) is 5.56 Å². The summed E-state index contributed by atoms with van der Waals surface area (Å²) in [7, 11) is 1.25. The molecule has 0 bridgehead atoms. The summed E-state index contributed by atoms with van der Waals surface area (Å²) in [5.74, 6) is -1.76. The van der Waals surface area contributed by atoms with Gasteiger partial charge in [0, 0.05) is 13.8 Å². The minimum absolute atomic E-state index is 0.165. The molecule has 1 unspecified atom stereocenters. The zero-order valence-electron chi connectivity index (χ0n) is 15.0. The summed E-state index contributed by atoms with van der Waals surface area (Å²) in [5, 5.41) is 0. The molecule has 1 aliphatic rings. The van der Waals surface area contributed by atoms with Crippen molar-refractivity contribution in [1.82, 2.24) is 0 Å². The molecule has 0 aromatic heterocycles. The predicted molar refractivity (Wildman–Crippen MR) is 86.8 cm³/mol. The van der Waals surface area contributed by atoms with Gasteiger partial charge in [0.1, 0.15) is 5.60 Å². The number of benzene rings is 1. The van der Waals surface area contributed by atoms with Gasteiger partial charge >= 0.3 is 11.9 Å². The van der Waals surface area contributed by atoms with E-state index in [4.69, 9.17) is 18.9 Å². The average molecular weight is 336 g/mol. The van der Waals surface area contributed by atoms with E-state index in [-0.39, 0.29) is 6.42 Å². The maximum atomic E-state index is 12.3. The van der Waals surface area contributed by atoms with Crippen LogP contribution in [-0.4, -0.2) is 30.4 Å². The largest absolute Gasteiger partial charge is 0.468 e. The van der Waals surface area contributed by atoms with Crippen LogP contribution in [0.3, 0.4) is 0 Å². The van der Waals surface area contributed by atoms with Crippen molar-refractivity contribution in [2.24, 2.45) is 5.92 Å². The topological polar surface area (TPSA) is 71.1 Å². The Morgan fingerprint density at radius 1 is 1.12 bits per heavy atom. The van der Waals surface area contributed by atoms with E-state index in [2.05, 4.69) is 0 Å². The number of carbonyl (C=O) groups excluding carboxylic acids is 2. The molecule has 0 spiro atoms. The minimum Gasteiger partial charge on any atom is -0.468 e.